The van der Waals surface area contributed by atoms with Gasteiger partial charge in [-0.3, -0.25) is 4.90 Å². The fourth-order valence-electron chi connectivity index (χ4n) is 2.67. The van der Waals surface area contributed by atoms with E-state index in [1.807, 2.05) is 43.3 Å². The van der Waals surface area contributed by atoms with Gasteiger partial charge in [0.05, 0.1) is 6.61 Å². The number of carbonyl (C=O) groups is 1. The first kappa shape index (κ1) is 19.0. The lowest BCUT2D eigenvalue weighted by Gasteiger charge is -2.30. The maximum Gasteiger partial charge on any atom is 0.414 e. The van der Waals surface area contributed by atoms with Gasteiger partial charge >= 0.3 is 6.09 Å². The van der Waals surface area contributed by atoms with Crippen LogP contribution in [-0.4, -0.2) is 43.8 Å². The Kier molecular flexibility index (Phi) is 7.48. The van der Waals surface area contributed by atoms with Crippen molar-refractivity contribution in [2.75, 3.05) is 31.6 Å². The molecule has 1 amide bonds. The van der Waals surface area contributed by atoms with Crippen molar-refractivity contribution in [2.45, 2.75) is 26.3 Å². The lowest BCUT2D eigenvalue weighted by Crippen LogP contribution is -2.44. The van der Waals surface area contributed by atoms with E-state index in [1.165, 1.54) is 5.56 Å². The third-order valence-electron chi connectivity index (χ3n) is 4.35. The molecule has 4 heteroatoms. The highest BCUT2D eigenvalue weighted by Gasteiger charge is 2.21. The number of hydrogen-bond acceptors (Lipinski definition) is 3. The first-order valence-corrected chi connectivity index (χ1v) is 8.85. The van der Waals surface area contributed by atoms with Gasteiger partial charge in [0, 0.05) is 24.8 Å². The molecule has 0 aliphatic rings. The number of carbonyl (C=O) groups excluding carboxylic acids is 1. The fraction of sp³-hybridized carbons (Fsp3) is 0.381. The first-order valence-electron chi connectivity index (χ1n) is 8.85. The lowest BCUT2D eigenvalue weighted by atomic mass is 10.1. The number of para-hydroxylation sites is 1. The van der Waals surface area contributed by atoms with Crippen molar-refractivity contribution in [3.05, 3.63) is 66.2 Å². The molecule has 0 N–H and O–H groups in total. The highest BCUT2D eigenvalue weighted by Crippen LogP contribution is 2.16. The summed E-state index contributed by atoms with van der Waals surface area (Å²) in [5.41, 5.74) is 2.19. The molecule has 4 nitrogen and oxygen atoms in total. The summed E-state index contributed by atoms with van der Waals surface area (Å²) >= 11 is 0. The number of nitrogens with zero attached hydrogens (tertiary/aromatic N) is 2. The molecule has 0 aliphatic heterocycles. The Morgan fingerprint density at radius 2 is 1.64 bits per heavy atom. The average Bonchev–Trinajstić information content (AvgIpc) is 2.65. The van der Waals surface area contributed by atoms with Crippen LogP contribution in [0.25, 0.3) is 0 Å². The maximum absolute atomic E-state index is 12.4. The molecule has 2 aromatic carbocycles. The van der Waals surface area contributed by atoms with E-state index in [0.717, 1.165) is 18.7 Å². The summed E-state index contributed by atoms with van der Waals surface area (Å²) in [6.45, 7) is 5.88. The summed E-state index contributed by atoms with van der Waals surface area (Å²) in [4.78, 5) is 16.4. The number of amides is 1. The predicted molar refractivity (Wildman–Crippen MR) is 103 cm³/mol. The molecule has 0 aromatic heterocycles. The van der Waals surface area contributed by atoms with Crippen molar-refractivity contribution >= 4 is 11.8 Å². The molecule has 0 saturated carbocycles. The van der Waals surface area contributed by atoms with Crippen LogP contribution < -0.4 is 4.90 Å². The molecule has 25 heavy (non-hydrogen) atoms. The quantitative estimate of drug-likeness (QED) is 0.721. The van der Waals surface area contributed by atoms with Crippen LogP contribution in [0.3, 0.4) is 0 Å². The number of hydrogen-bond donors (Lipinski definition) is 0. The van der Waals surface area contributed by atoms with Crippen molar-refractivity contribution < 1.29 is 9.53 Å². The Bertz CT molecular complexity index is 631. The van der Waals surface area contributed by atoms with Crippen LogP contribution >= 0.6 is 0 Å². The minimum Gasteiger partial charge on any atom is -0.449 e. The normalized spacial score (nSPS) is 12.0. The van der Waals surface area contributed by atoms with Gasteiger partial charge in [0.25, 0.3) is 0 Å². The number of likely N-dealkylation sites (N-methyl/N-ethyl adjacent to an activating group) is 1. The van der Waals surface area contributed by atoms with E-state index in [0.29, 0.717) is 13.2 Å². The molecule has 0 heterocycles. The molecule has 2 aromatic rings. The van der Waals surface area contributed by atoms with E-state index < -0.39 is 0 Å². The van der Waals surface area contributed by atoms with Crippen molar-refractivity contribution in [2.24, 2.45) is 0 Å². The third kappa shape index (κ3) is 5.91. The topological polar surface area (TPSA) is 32.8 Å². The van der Waals surface area contributed by atoms with Gasteiger partial charge in [-0.15, -0.1) is 0 Å². The molecule has 0 bridgehead atoms. The Hall–Kier alpha value is -2.33. The van der Waals surface area contributed by atoms with E-state index in [2.05, 4.69) is 43.1 Å². The van der Waals surface area contributed by atoms with Gasteiger partial charge in [0.1, 0.15) is 0 Å². The maximum atomic E-state index is 12.4. The highest BCUT2D eigenvalue weighted by atomic mass is 16.6. The zero-order valence-electron chi connectivity index (χ0n) is 15.4. The monoisotopic (exact) mass is 340 g/mol. The van der Waals surface area contributed by atoms with Crippen LogP contribution in [0.4, 0.5) is 10.5 Å². The highest BCUT2D eigenvalue weighted by molar-refractivity contribution is 5.87. The van der Waals surface area contributed by atoms with Crippen LogP contribution in [0.2, 0.25) is 0 Å². The van der Waals surface area contributed by atoms with Gasteiger partial charge < -0.3 is 9.64 Å². The largest absolute Gasteiger partial charge is 0.449 e. The Morgan fingerprint density at radius 1 is 1.04 bits per heavy atom. The first-order chi connectivity index (χ1) is 12.1. The van der Waals surface area contributed by atoms with Gasteiger partial charge in [0.2, 0.25) is 0 Å². The number of rotatable bonds is 8. The van der Waals surface area contributed by atoms with Crippen LogP contribution in [0.1, 0.15) is 19.4 Å². The molecule has 0 aliphatic carbocycles. The second kappa shape index (κ2) is 9.84. The van der Waals surface area contributed by atoms with Gasteiger partial charge in [-0.25, -0.2) is 4.79 Å². The van der Waals surface area contributed by atoms with Crippen LogP contribution in [0, 0.1) is 0 Å². The zero-order chi connectivity index (χ0) is 18.1. The third-order valence-corrected chi connectivity index (χ3v) is 4.35. The molecule has 0 radical (unpaired) electrons. The number of ether oxygens (including phenoxy) is 1. The Labute approximate surface area is 151 Å². The van der Waals surface area contributed by atoms with Crippen LogP contribution in [0.5, 0.6) is 0 Å². The fourth-order valence-corrected chi connectivity index (χ4v) is 2.67. The van der Waals surface area contributed by atoms with Crippen LogP contribution in [-0.2, 0) is 11.2 Å². The summed E-state index contributed by atoms with van der Waals surface area (Å²) < 4.78 is 5.24. The summed E-state index contributed by atoms with van der Waals surface area (Å²) in [5.74, 6) is 0. The second-order valence-electron chi connectivity index (χ2n) is 6.21. The average molecular weight is 340 g/mol. The summed E-state index contributed by atoms with van der Waals surface area (Å²) in [6.07, 6.45) is 0.698. The minimum atomic E-state index is -0.294. The van der Waals surface area contributed by atoms with Crippen LogP contribution in [0.15, 0.2) is 60.7 Å². The van der Waals surface area contributed by atoms with Crippen molar-refractivity contribution in [3.8, 4) is 0 Å². The summed E-state index contributed by atoms with van der Waals surface area (Å²) in [6, 6.07) is 20.4. The minimum absolute atomic E-state index is 0.216. The lowest BCUT2D eigenvalue weighted by molar-refractivity contribution is 0.156. The molecule has 1 unspecified atom stereocenters. The van der Waals surface area contributed by atoms with Gasteiger partial charge in [-0.05, 0) is 45.0 Å². The standard InChI is InChI=1S/C21H28N2O2/c1-4-25-21(24)23(20-13-9-6-10-14-20)17-18(2)22(3)16-15-19-11-7-5-8-12-19/h5-14,18H,4,15-17H2,1-3H3. The molecular weight excluding hydrogens is 312 g/mol. The Morgan fingerprint density at radius 3 is 2.24 bits per heavy atom. The molecular formula is C21H28N2O2. The van der Waals surface area contributed by atoms with Gasteiger partial charge in [-0.2, -0.15) is 0 Å². The number of anilines is 1. The van der Waals surface area contributed by atoms with E-state index >= 15 is 0 Å². The van der Waals surface area contributed by atoms with E-state index in [9.17, 15) is 4.79 Å². The van der Waals surface area contributed by atoms with Crippen molar-refractivity contribution in [1.82, 2.24) is 4.90 Å². The van der Waals surface area contributed by atoms with E-state index in [-0.39, 0.29) is 12.1 Å². The molecule has 2 rings (SSSR count). The van der Waals surface area contributed by atoms with Crippen molar-refractivity contribution in [1.29, 1.82) is 0 Å². The predicted octanol–water partition coefficient (Wildman–Crippen LogP) is 4.21. The van der Waals surface area contributed by atoms with E-state index in [4.69, 9.17) is 4.74 Å². The molecule has 0 fully saturated rings. The number of benzene rings is 2. The molecule has 1 atom stereocenters. The van der Waals surface area contributed by atoms with Gasteiger partial charge in [-0.1, -0.05) is 48.5 Å². The van der Waals surface area contributed by atoms with E-state index in [1.54, 1.807) is 4.90 Å². The zero-order valence-corrected chi connectivity index (χ0v) is 15.4. The SMILES string of the molecule is CCOC(=O)N(CC(C)N(C)CCc1ccccc1)c1ccccc1. The molecule has 0 saturated heterocycles. The summed E-state index contributed by atoms with van der Waals surface area (Å²) in [5, 5.41) is 0. The molecule has 0 spiro atoms. The Balaban J connectivity index is 1.98. The van der Waals surface area contributed by atoms with Gasteiger partial charge in [0.15, 0.2) is 0 Å². The molecule has 134 valence electrons. The second-order valence-corrected chi connectivity index (χ2v) is 6.21. The smallest absolute Gasteiger partial charge is 0.414 e. The van der Waals surface area contributed by atoms with Crippen molar-refractivity contribution in [3.63, 3.8) is 0 Å². The summed E-state index contributed by atoms with van der Waals surface area (Å²) in [7, 11) is 2.10.